The van der Waals surface area contributed by atoms with Crippen LogP contribution < -0.4 is 0 Å². The van der Waals surface area contributed by atoms with Crippen molar-refractivity contribution in [2.75, 3.05) is 0 Å². The lowest BCUT2D eigenvalue weighted by atomic mass is 10.1. The predicted molar refractivity (Wildman–Crippen MR) is 63.9 cm³/mol. The van der Waals surface area contributed by atoms with Gasteiger partial charge in [-0.3, -0.25) is 0 Å². The molecule has 0 aliphatic heterocycles. The Morgan fingerprint density at radius 3 is 2.44 bits per heavy atom. The van der Waals surface area contributed by atoms with Gasteiger partial charge in [0.1, 0.15) is 5.82 Å². The van der Waals surface area contributed by atoms with Crippen molar-refractivity contribution in [2.24, 2.45) is 0 Å². The molecule has 0 spiro atoms. The van der Waals surface area contributed by atoms with Crippen molar-refractivity contribution in [1.29, 1.82) is 5.26 Å². The lowest BCUT2D eigenvalue weighted by Gasteiger charge is -2.21. The summed E-state index contributed by atoms with van der Waals surface area (Å²) >= 11 is 0. The van der Waals surface area contributed by atoms with E-state index < -0.39 is 14.4 Å². The van der Waals surface area contributed by atoms with E-state index in [9.17, 15) is 4.39 Å². The van der Waals surface area contributed by atoms with Crippen LogP contribution in [-0.2, 0) is 4.43 Å². The molecule has 1 aromatic carbocycles. The molecule has 0 aliphatic rings. The fourth-order valence-electron chi connectivity index (χ4n) is 1.29. The first kappa shape index (κ1) is 12.9. The molecular formula is C12H16FNOSi. The highest BCUT2D eigenvalue weighted by Gasteiger charge is 2.22. The third-order valence-corrected chi connectivity index (χ3v) is 3.03. The summed E-state index contributed by atoms with van der Waals surface area (Å²) in [5.41, 5.74) is 1.17. The Labute approximate surface area is 96.8 Å². The highest BCUT2D eigenvalue weighted by Crippen LogP contribution is 2.23. The molecular weight excluding hydrogens is 221 g/mol. The minimum atomic E-state index is -1.80. The first-order chi connectivity index (χ1) is 7.33. The molecule has 0 radical (unpaired) electrons. The van der Waals surface area contributed by atoms with E-state index in [2.05, 4.69) is 6.07 Å². The standard InChI is InChI=1S/C12H16FNOSi/c1-9-5-6-10(7-11(9)13)12(8-14)15-16(2,3)4/h5-7,12H,1-4H3. The quantitative estimate of drug-likeness (QED) is 0.753. The average Bonchev–Trinajstić information content (AvgIpc) is 2.17. The minimum absolute atomic E-state index is 0.295. The molecule has 1 unspecified atom stereocenters. The Bertz CT molecular complexity index is 420. The number of hydrogen-bond donors (Lipinski definition) is 0. The average molecular weight is 237 g/mol. The molecule has 0 saturated carbocycles. The van der Waals surface area contributed by atoms with E-state index in [-0.39, 0.29) is 5.82 Å². The second-order valence-corrected chi connectivity index (χ2v) is 9.21. The molecule has 0 fully saturated rings. The highest BCUT2D eigenvalue weighted by atomic mass is 28.4. The second-order valence-electron chi connectivity index (χ2n) is 4.75. The van der Waals surface area contributed by atoms with Crippen LogP contribution in [0.1, 0.15) is 17.2 Å². The minimum Gasteiger partial charge on any atom is -0.399 e. The third-order valence-electron chi connectivity index (χ3n) is 2.09. The van der Waals surface area contributed by atoms with Crippen molar-refractivity contribution in [2.45, 2.75) is 32.7 Å². The van der Waals surface area contributed by atoms with Crippen molar-refractivity contribution in [1.82, 2.24) is 0 Å². The van der Waals surface area contributed by atoms with Gasteiger partial charge in [-0.2, -0.15) is 5.26 Å². The molecule has 0 saturated heterocycles. The van der Waals surface area contributed by atoms with Gasteiger partial charge in [0, 0.05) is 0 Å². The molecule has 0 aromatic heterocycles. The first-order valence-corrected chi connectivity index (χ1v) is 8.58. The monoisotopic (exact) mass is 237 g/mol. The molecule has 0 amide bonds. The number of aryl methyl sites for hydroxylation is 1. The van der Waals surface area contributed by atoms with E-state index in [1.54, 1.807) is 19.1 Å². The summed E-state index contributed by atoms with van der Waals surface area (Å²) in [5, 5.41) is 9.03. The summed E-state index contributed by atoms with van der Waals surface area (Å²) in [6, 6.07) is 6.86. The van der Waals surface area contributed by atoms with Gasteiger partial charge < -0.3 is 4.43 Å². The zero-order valence-electron chi connectivity index (χ0n) is 10.0. The zero-order valence-corrected chi connectivity index (χ0v) is 11.0. The number of benzene rings is 1. The van der Waals surface area contributed by atoms with E-state index >= 15 is 0 Å². The number of halogens is 1. The maximum Gasteiger partial charge on any atom is 0.186 e. The Balaban J connectivity index is 2.97. The Morgan fingerprint density at radius 2 is 2.00 bits per heavy atom. The van der Waals surface area contributed by atoms with Gasteiger partial charge in [0.15, 0.2) is 14.4 Å². The second kappa shape index (κ2) is 4.77. The Morgan fingerprint density at radius 1 is 1.38 bits per heavy atom. The van der Waals surface area contributed by atoms with Gasteiger partial charge in [0.05, 0.1) is 6.07 Å². The van der Waals surface area contributed by atoms with Crippen molar-refractivity contribution in [3.8, 4) is 6.07 Å². The Kier molecular flexibility index (Phi) is 3.84. The number of hydrogen-bond acceptors (Lipinski definition) is 2. The zero-order chi connectivity index (χ0) is 12.3. The van der Waals surface area contributed by atoms with Crippen LogP contribution in [0.5, 0.6) is 0 Å². The van der Waals surface area contributed by atoms with Crippen LogP contribution in [0.2, 0.25) is 19.6 Å². The van der Waals surface area contributed by atoms with E-state index in [1.807, 2.05) is 19.6 Å². The molecule has 0 aliphatic carbocycles. The largest absolute Gasteiger partial charge is 0.399 e. The molecule has 1 rings (SSSR count). The molecule has 16 heavy (non-hydrogen) atoms. The summed E-state index contributed by atoms with van der Waals surface area (Å²) in [5.74, 6) is -0.295. The van der Waals surface area contributed by atoms with Gasteiger partial charge in [-0.15, -0.1) is 0 Å². The smallest absolute Gasteiger partial charge is 0.186 e. The molecule has 0 heterocycles. The molecule has 0 N–H and O–H groups in total. The van der Waals surface area contributed by atoms with E-state index in [0.717, 1.165) is 0 Å². The Hall–Kier alpha value is -1.18. The lowest BCUT2D eigenvalue weighted by Crippen LogP contribution is -2.27. The molecule has 2 nitrogen and oxygen atoms in total. The topological polar surface area (TPSA) is 33.0 Å². The molecule has 4 heteroatoms. The fourth-order valence-corrected chi connectivity index (χ4v) is 2.19. The van der Waals surface area contributed by atoms with Gasteiger partial charge in [0.25, 0.3) is 0 Å². The maximum atomic E-state index is 13.4. The van der Waals surface area contributed by atoms with E-state index in [4.69, 9.17) is 9.69 Å². The highest BCUT2D eigenvalue weighted by molar-refractivity contribution is 6.69. The van der Waals surface area contributed by atoms with Crippen LogP contribution in [-0.4, -0.2) is 8.32 Å². The van der Waals surface area contributed by atoms with Crippen LogP contribution in [0.4, 0.5) is 4.39 Å². The summed E-state index contributed by atoms with van der Waals surface area (Å²) in [7, 11) is -1.80. The van der Waals surface area contributed by atoms with Crippen molar-refractivity contribution in [3.05, 3.63) is 35.1 Å². The van der Waals surface area contributed by atoms with Gasteiger partial charge in [-0.25, -0.2) is 4.39 Å². The number of nitriles is 1. The lowest BCUT2D eigenvalue weighted by molar-refractivity contribution is 0.254. The van der Waals surface area contributed by atoms with Crippen LogP contribution in [0.15, 0.2) is 18.2 Å². The van der Waals surface area contributed by atoms with Crippen LogP contribution in [0, 0.1) is 24.1 Å². The van der Waals surface area contributed by atoms with Crippen LogP contribution >= 0.6 is 0 Å². The normalized spacial score (nSPS) is 13.2. The molecule has 0 bridgehead atoms. The third kappa shape index (κ3) is 3.44. The molecule has 86 valence electrons. The van der Waals surface area contributed by atoms with Crippen molar-refractivity contribution in [3.63, 3.8) is 0 Å². The summed E-state index contributed by atoms with van der Waals surface area (Å²) in [6.07, 6.45) is -0.665. The molecule has 1 atom stereocenters. The van der Waals surface area contributed by atoms with Gasteiger partial charge in [-0.1, -0.05) is 12.1 Å². The SMILES string of the molecule is Cc1ccc(C(C#N)O[Si](C)(C)C)cc1F. The number of nitrogens with zero attached hydrogens (tertiary/aromatic N) is 1. The van der Waals surface area contributed by atoms with E-state index in [0.29, 0.717) is 11.1 Å². The summed E-state index contributed by atoms with van der Waals surface area (Å²) in [4.78, 5) is 0. The van der Waals surface area contributed by atoms with Gasteiger partial charge in [-0.05, 0) is 43.8 Å². The van der Waals surface area contributed by atoms with Gasteiger partial charge in [0.2, 0.25) is 0 Å². The van der Waals surface area contributed by atoms with Crippen LogP contribution in [0.3, 0.4) is 0 Å². The molecule has 1 aromatic rings. The van der Waals surface area contributed by atoms with Gasteiger partial charge >= 0.3 is 0 Å². The van der Waals surface area contributed by atoms with Crippen LogP contribution in [0.25, 0.3) is 0 Å². The van der Waals surface area contributed by atoms with Crippen molar-refractivity contribution < 1.29 is 8.82 Å². The summed E-state index contributed by atoms with van der Waals surface area (Å²) in [6.45, 7) is 7.70. The maximum absolute atomic E-state index is 13.4. The van der Waals surface area contributed by atoms with Crippen molar-refractivity contribution >= 4 is 8.32 Å². The predicted octanol–water partition coefficient (Wildman–Crippen LogP) is 3.55. The fraction of sp³-hybridized carbons (Fsp3) is 0.417. The summed E-state index contributed by atoms with van der Waals surface area (Å²) < 4.78 is 19.0. The first-order valence-electron chi connectivity index (χ1n) is 5.17. The number of rotatable bonds is 3. The van der Waals surface area contributed by atoms with E-state index in [1.165, 1.54) is 6.07 Å².